The summed E-state index contributed by atoms with van der Waals surface area (Å²) in [6, 6.07) is 10.8. The van der Waals surface area contributed by atoms with E-state index in [0.29, 0.717) is 5.92 Å². The van der Waals surface area contributed by atoms with Gasteiger partial charge in [-0.3, -0.25) is 0 Å². The van der Waals surface area contributed by atoms with E-state index in [0.717, 1.165) is 16.2 Å². The van der Waals surface area contributed by atoms with Crippen LogP contribution in [0.2, 0.25) is 0 Å². The van der Waals surface area contributed by atoms with Crippen LogP contribution in [0.25, 0.3) is 0 Å². The minimum absolute atomic E-state index is 0.558. The van der Waals surface area contributed by atoms with Crippen molar-refractivity contribution in [3.8, 4) is 0 Å². The van der Waals surface area contributed by atoms with Gasteiger partial charge in [0.25, 0.3) is 0 Å². The zero-order chi connectivity index (χ0) is 11.4. The lowest BCUT2D eigenvalue weighted by Crippen LogP contribution is -2.03. The van der Waals surface area contributed by atoms with E-state index < -0.39 is 0 Å². The Hall–Kier alpha value is -0.120. The predicted octanol–water partition coefficient (Wildman–Crippen LogP) is 5.23. The number of halogens is 2. The van der Waals surface area contributed by atoms with Crippen LogP contribution >= 0.6 is 43.2 Å². The molecule has 0 aliphatic heterocycles. The number of hydrogen-bond acceptors (Lipinski definition) is 1. The maximum absolute atomic E-state index is 3.61. The van der Waals surface area contributed by atoms with Crippen molar-refractivity contribution >= 4 is 43.2 Å². The molecule has 2 rings (SSSR count). The van der Waals surface area contributed by atoms with Crippen LogP contribution in [0, 0.1) is 0 Å². The molecule has 1 aromatic heterocycles. The molecule has 0 aliphatic carbocycles. The number of alkyl halides is 1. The third kappa shape index (κ3) is 3.19. The number of benzene rings is 1. The van der Waals surface area contributed by atoms with E-state index in [1.165, 1.54) is 11.1 Å². The van der Waals surface area contributed by atoms with Crippen LogP contribution in [0.1, 0.15) is 17.0 Å². The highest BCUT2D eigenvalue weighted by atomic mass is 79.9. The van der Waals surface area contributed by atoms with Crippen molar-refractivity contribution in [2.24, 2.45) is 0 Å². The van der Waals surface area contributed by atoms with Crippen LogP contribution in [0.5, 0.6) is 0 Å². The zero-order valence-electron chi connectivity index (χ0n) is 8.70. The van der Waals surface area contributed by atoms with E-state index in [-0.39, 0.29) is 0 Å². The molecule has 0 radical (unpaired) electrons. The molecule has 84 valence electrons. The van der Waals surface area contributed by atoms with Gasteiger partial charge < -0.3 is 0 Å². The molecular formula is C13H12Br2S. The van der Waals surface area contributed by atoms with Crippen molar-refractivity contribution in [2.75, 3.05) is 5.33 Å². The molecule has 0 saturated heterocycles. The quantitative estimate of drug-likeness (QED) is 0.655. The van der Waals surface area contributed by atoms with Gasteiger partial charge in [0.2, 0.25) is 0 Å². The molecule has 16 heavy (non-hydrogen) atoms. The van der Waals surface area contributed by atoms with Crippen molar-refractivity contribution in [3.05, 3.63) is 56.7 Å². The van der Waals surface area contributed by atoms with Gasteiger partial charge in [-0.15, -0.1) is 0 Å². The predicted molar refractivity (Wildman–Crippen MR) is 78.7 cm³/mol. The molecule has 0 bridgehead atoms. The topological polar surface area (TPSA) is 0 Å². The summed E-state index contributed by atoms with van der Waals surface area (Å²) in [6.07, 6.45) is 1.11. The first kappa shape index (κ1) is 12.3. The third-order valence-electron chi connectivity index (χ3n) is 2.59. The molecule has 0 N–H and O–H groups in total. The second-order valence-electron chi connectivity index (χ2n) is 3.74. The minimum atomic E-state index is 0.558. The maximum atomic E-state index is 3.61. The fraction of sp³-hybridized carbons (Fsp3) is 0.231. The average Bonchev–Trinajstić information content (AvgIpc) is 2.80. The summed E-state index contributed by atoms with van der Waals surface area (Å²) in [5.74, 6) is 0.558. The highest BCUT2D eigenvalue weighted by Gasteiger charge is 2.11. The van der Waals surface area contributed by atoms with E-state index in [1.807, 2.05) is 0 Å². The Labute approximate surface area is 117 Å². The molecule has 0 fully saturated rings. The molecule has 1 heterocycles. The summed E-state index contributed by atoms with van der Waals surface area (Å²) < 4.78 is 1.14. The maximum Gasteiger partial charge on any atom is 0.0175 e. The number of thiophene rings is 1. The molecule has 3 heteroatoms. The van der Waals surface area contributed by atoms with Crippen molar-refractivity contribution in [3.63, 3.8) is 0 Å². The van der Waals surface area contributed by atoms with E-state index in [1.54, 1.807) is 11.3 Å². The lowest BCUT2D eigenvalue weighted by atomic mass is 9.95. The van der Waals surface area contributed by atoms with Gasteiger partial charge in [0.05, 0.1) is 0 Å². The van der Waals surface area contributed by atoms with E-state index in [9.17, 15) is 0 Å². The van der Waals surface area contributed by atoms with Crippen molar-refractivity contribution in [1.82, 2.24) is 0 Å². The van der Waals surface area contributed by atoms with E-state index in [4.69, 9.17) is 0 Å². The van der Waals surface area contributed by atoms with Crippen molar-refractivity contribution < 1.29 is 0 Å². The second kappa shape index (κ2) is 5.99. The fourth-order valence-electron chi connectivity index (χ4n) is 1.69. The first-order valence-electron chi connectivity index (χ1n) is 5.12. The van der Waals surface area contributed by atoms with E-state index in [2.05, 4.69) is 73.0 Å². The smallest absolute Gasteiger partial charge is 0.0175 e. The Balaban J connectivity index is 2.13. The van der Waals surface area contributed by atoms with Crippen LogP contribution in [0.15, 0.2) is 45.6 Å². The van der Waals surface area contributed by atoms with Gasteiger partial charge in [0.1, 0.15) is 0 Å². The monoisotopic (exact) mass is 358 g/mol. The Morgan fingerprint density at radius 2 is 1.88 bits per heavy atom. The highest BCUT2D eigenvalue weighted by Crippen LogP contribution is 2.25. The third-order valence-corrected chi connectivity index (χ3v) is 4.63. The summed E-state index contributed by atoms with van der Waals surface area (Å²) in [6.45, 7) is 0. The lowest BCUT2D eigenvalue weighted by Gasteiger charge is -2.13. The SMILES string of the molecule is BrCC(Cc1ccsc1)c1ccc(Br)cc1. The summed E-state index contributed by atoms with van der Waals surface area (Å²) in [4.78, 5) is 0. The molecule has 0 saturated carbocycles. The summed E-state index contributed by atoms with van der Waals surface area (Å²) >= 11 is 8.84. The molecule has 1 atom stereocenters. The second-order valence-corrected chi connectivity index (χ2v) is 6.08. The molecular weight excluding hydrogens is 348 g/mol. The largest absolute Gasteiger partial charge is 0.152 e. The Morgan fingerprint density at radius 1 is 1.12 bits per heavy atom. The molecule has 0 amide bonds. The molecule has 2 aromatic rings. The number of hydrogen-bond donors (Lipinski definition) is 0. The summed E-state index contributed by atoms with van der Waals surface area (Å²) in [5, 5.41) is 5.38. The molecule has 1 unspecified atom stereocenters. The molecule has 1 aromatic carbocycles. The van der Waals surface area contributed by atoms with Crippen molar-refractivity contribution in [2.45, 2.75) is 12.3 Å². The fourth-order valence-corrected chi connectivity index (χ4v) is 3.24. The van der Waals surface area contributed by atoms with Crippen LogP contribution in [0.4, 0.5) is 0 Å². The molecule has 0 spiro atoms. The number of rotatable bonds is 4. The Bertz CT molecular complexity index is 420. The van der Waals surface area contributed by atoms with Gasteiger partial charge in [0.15, 0.2) is 0 Å². The van der Waals surface area contributed by atoms with Gasteiger partial charge >= 0.3 is 0 Å². The standard InChI is InChI=1S/C13H12Br2S/c14-8-12(7-10-5-6-16-9-10)11-1-3-13(15)4-2-11/h1-6,9,12H,7-8H2. The first-order chi connectivity index (χ1) is 7.79. The Kier molecular flexibility index (Phi) is 4.62. The van der Waals surface area contributed by atoms with Gasteiger partial charge in [0, 0.05) is 9.80 Å². The average molecular weight is 360 g/mol. The molecule has 0 nitrogen and oxygen atoms in total. The van der Waals surface area contributed by atoms with Crippen LogP contribution in [-0.4, -0.2) is 5.33 Å². The summed E-state index contributed by atoms with van der Waals surface area (Å²) in [5.41, 5.74) is 2.82. The van der Waals surface area contributed by atoms with Gasteiger partial charge in [-0.1, -0.05) is 44.0 Å². The molecule has 0 aliphatic rings. The van der Waals surface area contributed by atoms with Crippen LogP contribution in [0.3, 0.4) is 0 Å². The summed E-state index contributed by atoms with van der Waals surface area (Å²) in [7, 11) is 0. The highest BCUT2D eigenvalue weighted by molar-refractivity contribution is 9.10. The van der Waals surface area contributed by atoms with Crippen molar-refractivity contribution in [1.29, 1.82) is 0 Å². The van der Waals surface area contributed by atoms with Gasteiger partial charge in [-0.2, -0.15) is 11.3 Å². The van der Waals surface area contributed by atoms with E-state index >= 15 is 0 Å². The van der Waals surface area contributed by atoms with Gasteiger partial charge in [-0.25, -0.2) is 0 Å². The zero-order valence-corrected chi connectivity index (χ0v) is 12.7. The van der Waals surface area contributed by atoms with Crippen LogP contribution < -0.4 is 0 Å². The minimum Gasteiger partial charge on any atom is -0.152 e. The van der Waals surface area contributed by atoms with Gasteiger partial charge in [-0.05, 0) is 52.4 Å². The van der Waals surface area contributed by atoms with Crippen LogP contribution in [-0.2, 0) is 6.42 Å². The normalized spacial score (nSPS) is 12.6. The lowest BCUT2D eigenvalue weighted by molar-refractivity contribution is 0.778. The Morgan fingerprint density at radius 3 is 2.44 bits per heavy atom. The first-order valence-corrected chi connectivity index (χ1v) is 7.98.